The summed E-state index contributed by atoms with van der Waals surface area (Å²) in [4.78, 5) is 16.2. The molecule has 1 N–H and O–H groups in total. The van der Waals surface area contributed by atoms with E-state index in [0.717, 1.165) is 16.6 Å². The van der Waals surface area contributed by atoms with Gasteiger partial charge in [0.05, 0.1) is 6.21 Å². The minimum Gasteiger partial charge on any atom is -0.340 e. The van der Waals surface area contributed by atoms with Crippen LogP contribution in [0.2, 0.25) is 0 Å². The summed E-state index contributed by atoms with van der Waals surface area (Å²) in [6, 6.07) is 16.5. The Hall–Kier alpha value is -2.01. The van der Waals surface area contributed by atoms with Crippen LogP contribution < -0.4 is 5.43 Å². The highest BCUT2D eigenvalue weighted by Crippen LogP contribution is 2.31. The maximum Gasteiger partial charge on any atom is 0.241 e. The molecule has 2 aromatic heterocycles. The number of amides is 1. The van der Waals surface area contributed by atoms with Crippen molar-refractivity contribution in [2.45, 2.75) is 13.0 Å². The first kappa shape index (κ1) is 19.3. The van der Waals surface area contributed by atoms with Crippen molar-refractivity contribution in [3.05, 3.63) is 73.6 Å². The van der Waals surface area contributed by atoms with Crippen LogP contribution in [0.15, 0.2) is 66.0 Å². The Morgan fingerprint density at radius 3 is 2.21 bits per heavy atom. The van der Waals surface area contributed by atoms with E-state index in [1.807, 2.05) is 12.1 Å². The number of aromatic nitrogens is 2. The second kappa shape index (κ2) is 8.56. The predicted octanol–water partition coefficient (Wildman–Crippen LogP) is 4.94. The van der Waals surface area contributed by atoms with Crippen molar-refractivity contribution in [2.24, 2.45) is 5.10 Å². The average molecular weight is 594 g/mol. The number of benzene rings is 2. The van der Waals surface area contributed by atoms with Gasteiger partial charge in [-0.15, -0.1) is 0 Å². The minimum atomic E-state index is -0.115. The van der Waals surface area contributed by atoms with Gasteiger partial charge in [0.15, 0.2) is 0 Å². The first-order valence-corrected chi connectivity index (χ1v) is 10.9. The number of rotatable bonds is 5. The number of hydrazone groups is 1. The van der Waals surface area contributed by atoms with Crippen LogP contribution in [-0.2, 0) is 11.3 Å². The Morgan fingerprint density at radius 2 is 1.61 bits per heavy atom. The van der Waals surface area contributed by atoms with Crippen molar-refractivity contribution < 1.29 is 4.79 Å². The number of hydrogen-bond donors (Lipinski definition) is 1. The number of nitrogens with zero attached hydrogens (tertiary/aromatic N) is 3. The SMILES string of the molecule is O=C(CCn1c2ccc(I)cc2c2cc(I)ccc21)N/N=C/c1ccncc1. The minimum absolute atomic E-state index is 0.115. The van der Waals surface area contributed by atoms with E-state index in [9.17, 15) is 4.79 Å². The van der Waals surface area contributed by atoms with Crippen LogP contribution >= 0.6 is 45.2 Å². The van der Waals surface area contributed by atoms with E-state index in [1.54, 1.807) is 18.6 Å². The predicted molar refractivity (Wildman–Crippen MR) is 129 cm³/mol. The highest BCUT2D eigenvalue weighted by atomic mass is 127. The summed E-state index contributed by atoms with van der Waals surface area (Å²) in [5.41, 5.74) is 5.78. The number of halogens is 2. The molecule has 0 aliphatic rings. The van der Waals surface area contributed by atoms with E-state index in [0.29, 0.717) is 13.0 Å². The van der Waals surface area contributed by atoms with Gasteiger partial charge >= 0.3 is 0 Å². The lowest BCUT2D eigenvalue weighted by atomic mass is 10.2. The number of nitrogens with one attached hydrogen (secondary N) is 1. The summed E-state index contributed by atoms with van der Waals surface area (Å²) in [6.45, 7) is 0.595. The number of pyridine rings is 1. The van der Waals surface area contributed by atoms with E-state index in [1.165, 1.54) is 17.9 Å². The van der Waals surface area contributed by atoms with E-state index < -0.39 is 0 Å². The molecular formula is C21H16I2N4O. The van der Waals surface area contributed by atoms with Gasteiger partial charge in [-0.05, 0) is 99.3 Å². The molecule has 0 aliphatic heterocycles. The Bertz CT molecular complexity index is 1130. The summed E-state index contributed by atoms with van der Waals surface area (Å²) < 4.78 is 4.61. The molecule has 28 heavy (non-hydrogen) atoms. The van der Waals surface area contributed by atoms with E-state index in [2.05, 4.69) is 102 Å². The molecule has 4 rings (SSSR count). The van der Waals surface area contributed by atoms with Crippen LogP contribution in [0.3, 0.4) is 0 Å². The fourth-order valence-corrected chi connectivity index (χ4v) is 4.17. The van der Waals surface area contributed by atoms with Crippen LogP contribution in [0.25, 0.3) is 21.8 Å². The van der Waals surface area contributed by atoms with Gasteiger partial charge in [-0.3, -0.25) is 9.78 Å². The molecule has 1 amide bonds. The number of carbonyl (C=O) groups excluding carboxylic acids is 1. The lowest BCUT2D eigenvalue weighted by Crippen LogP contribution is -2.19. The molecule has 0 saturated carbocycles. The Labute approximate surface area is 189 Å². The third kappa shape index (κ3) is 4.19. The fraction of sp³-hybridized carbons (Fsp3) is 0.0952. The second-order valence-corrected chi connectivity index (χ2v) is 8.79. The molecule has 0 spiro atoms. The molecule has 2 aromatic carbocycles. The van der Waals surface area contributed by atoms with Gasteiger partial charge in [0, 0.05) is 54.3 Å². The van der Waals surface area contributed by atoms with Crippen LogP contribution in [0, 0.1) is 7.14 Å². The summed E-state index contributed by atoms with van der Waals surface area (Å²) >= 11 is 4.67. The number of fused-ring (bicyclic) bond motifs is 3. The van der Waals surface area contributed by atoms with Crippen molar-refractivity contribution in [3.63, 3.8) is 0 Å². The topological polar surface area (TPSA) is 59.3 Å². The molecule has 0 unspecified atom stereocenters. The Balaban J connectivity index is 1.54. The van der Waals surface area contributed by atoms with Gasteiger partial charge in [0.2, 0.25) is 5.91 Å². The van der Waals surface area contributed by atoms with Gasteiger partial charge in [-0.25, -0.2) is 5.43 Å². The quantitative estimate of drug-likeness (QED) is 0.202. The van der Waals surface area contributed by atoms with Crippen LogP contribution in [0.1, 0.15) is 12.0 Å². The molecule has 5 nitrogen and oxygen atoms in total. The molecule has 0 fully saturated rings. The van der Waals surface area contributed by atoms with Gasteiger partial charge in [-0.1, -0.05) is 0 Å². The molecule has 2 heterocycles. The third-order valence-electron chi connectivity index (χ3n) is 4.46. The highest BCUT2D eigenvalue weighted by molar-refractivity contribution is 14.1. The highest BCUT2D eigenvalue weighted by Gasteiger charge is 2.12. The molecule has 0 saturated heterocycles. The number of aryl methyl sites for hydroxylation is 1. The van der Waals surface area contributed by atoms with Crippen molar-refractivity contribution in [3.8, 4) is 0 Å². The normalized spacial score (nSPS) is 11.5. The van der Waals surface area contributed by atoms with E-state index in [4.69, 9.17) is 0 Å². The van der Waals surface area contributed by atoms with E-state index in [-0.39, 0.29) is 5.91 Å². The average Bonchev–Trinajstić information content (AvgIpc) is 2.99. The molecule has 0 bridgehead atoms. The summed E-state index contributed by atoms with van der Waals surface area (Å²) in [5, 5.41) is 6.46. The van der Waals surface area contributed by atoms with Crippen LogP contribution in [-0.4, -0.2) is 21.7 Å². The van der Waals surface area contributed by atoms with Crippen LogP contribution in [0.4, 0.5) is 0 Å². The van der Waals surface area contributed by atoms with Crippen molar-refractivity contribution in [1.29, 1.82) is 0 Å². The molecular weight excluding hydrogens is 578 g/mol. The molecule has 140 valence electrons. The Morgan fingerprint density at radius 1 is 1.00 bits per heavy atom. The summed E-state index contributed by atoms with van der Waals surface area (Å²) in [6.07, 6.45) is 5.34. The second-order valence-electron chi connectivity index (χ2n) is 6.30. The zero-order valence-corrected chi connectivity index (χ0v) is 19.1. The lowest BCUT2D eigenvalue weighted by Gasteiger charge is -2.07. The van der Waals surface area contributed by atoms with Crippen molar-refractivity contribution in [2.75, 3.05) is 0 Å². The Kier molecular flexibility index (Phi) is 5.90. The monoisotopic (exact) mass is 594 g/mol. The smallest absolute Gasteiger partial charge is 0.241 e. The lowest BCUT2D eigenvalue weighted by molar-refractivity contribution is -0.121. The molecule has 4 aromatic rings. The largest absolute Gasteiger partial charge is 0.340 e. The standard InChI is InChI=1S/C21H16I2N4O/c22-15-1-3-19-17(11-15)18-12-16(23)2-4-20(18)27(19)10-7-21(28)26-25-13-14-5-8-24-9-6-14/h1-6,8-9,11-13H,7,10H2,(H,26,28)/b25-13+. The van der Waals surface area contributed by atoms with Gasteiger partial charge in [0.1, 0.15) is 0 Å². The fourth-order valence-electron chi connectivity index (χ4n) is 3.19. The van der Waals surface area contributed by atoms with Crippen LogP contribution in [0.5, 0.6) is 0 Å². The molecule has 0 radical (unpaired) electrons. The van der Waals surface area contributed by atoms with Crippen molar-refractivity contribution in [1.82, 2.24) is 15.0 Å². The third-order valence-corrected chi connectivity index (χ3v) is 5.80. The first-order chi connectivity index (χ1) is 13.6. The number of carbonyl (C=O) groups is 1. The maximum absolute atomic E-state index is 12.3. The first-order valence-electron chi connectivity index (χ1n) is 8.71. The van der Waals surface area contributed by atoms with Crippen molar-refractivity contribution >= 4 is 79.1 Å². The molecule has 0 aliphatic carbocycles. The van der Waals surface area contributed by atoms with Gasteiger partial charge in [0.25, 0.3) is 0 Å². The zero-order valence-electron chi connectivity index (χ0n) is 14.8. The number of hydrogen-bond acceptors (Lipinski definition) is 3. The summed E-state index contributed by atoms with van der Waals surface area (Å²) in [5.74, 6) is -0.115. The summed E-state index contributed by atoms with van der Waals surface area (Å²) in [7, 11) is 0. The van der Waals surface area contributed by atoms with E-state index >= 15 is 0 Å². The van der Waals surface area contributed by atoms with Gasteiger partial charge < -0.3 is 4.57 Å². The van der Waals surface area contributed by atoms with Gasteiger partial charge in [-0.2, -0.15) is 5.10 Å². The molecule has 0 atom stereocenters. The molecule has 7 heteroatoms. The maximum atomic E-state index is 12.3. The zero-order chi connectivity index (χ0) is 19.5.